The zero-order valence-corrected chi connectivity index (χ0v) is 19.6. The van der Waals surface area contributed by atoms with Crippen LogP contribution < -0.4 is 21.2 Å². The van der Waals surface area contributed by atoms with E-state index < -0.39 is 0 Å². The molecule has 10 heteroatoms. The van der Waals surface area contributed by atoms with Crippen molar-refractivity contribution >= 4 is 39.7 Å². The Bertz CT molecular complexity index is 1440. The normalized spacial score (nSPS) is 17.1. The van der Waals surface area contributed by atoms with Gasteiger partial charge in [0, 0.05) is 37.1 Å². The van der Waals surface area contributed by atoms with Gasteiger partial charge in [0.05, 0.1) is 28.6 Å². The van der Waals surface area contributed by atoms with Crippen LogP contribution in [0, 0.1) is 5.41 Å². The van der Waals surface area contributed by atoms with Crippen LogP contribution in [0.2, 0.25) is 0 Å². The van der Waals surface area contributed by atoms with Crippen LogP contribution in [0.25, 0.3) is 16.2 Å². The standard InChI is InChI=1S/C24H25N7O2S/c1-29-19-4-2-3-5-20(19)31(23(29)33)22-28-17(13-34-22)21(32)27-16-12-26-9-6-18(16)30-14-24(15-30)7-10-25-11-8-24/h2-6,9,12-13,25H,7-8,10-11,14-15H2,1H3,(H,27,32). The molecule has 1 amide bonds. The summed E-state index contributed by atoms with van der Waals surface area (Å²) < 4.78 is 3.13. The van der Waals surface area contributed by atoms with Gasteiger partial charge >= 0.3 is 5.69 Å². The predicted molar refractivity (Wildman–Crippen MR) is 133 cm³/mol. The number of imidazole rings is 1. The largest absolute Gasteiger partial charge is 0.369 e. The van der Waals surface area contributed by atoms with Crippen LogP contribution in [-0.2, 0) is 7.05 Å². The molecule has 0 radical (unpaired) electrons. The number of carbonyl (C=O) groups excluding carboxylic acids is 1. The number of rotatable bonds is 4. The van der Waals surface area contributed by atoms with Gasteiger partial charge in [0.2, 0.25) is 0 Å². The van der Waals surface area contributed by atoms with Crippen LogP contribution in [0.4, 0.5) is 11.4 Å². The molecule has 0 saturated carbocycles. The van der Waals surface area contributed by atoms with Gasteiger partial charge in [-0.1, -0.05) is 12.1 Å². The predicted octanol–water partition coefficient (Wildman–Crippen LogP) is 2.62. The molecule has 0 unspecified atom stereocenters. The van der Waals surface area contributed by atoms with E-state index in [0.29, 0.717) is 16.2 Å². The second-order valence-electron chi connectivity index (χ2n) is 9.13. The second-order valence-corrected chi connectivity index (χ2v) is 9.97. The Morgan fingerprint density at radius 2 is 1.91 bits per heavy atom. The quantitative estimate of drug-likeness (QED) is 0.471. The van der Waals surface area contributed by atoms with E-state index in [2.05, 4.69) is 25.5 Å². The van der Waals surface area contributed by atoms with Gasteiger partial charge in [0.15, 0.2) is 5.13 Å². The Kier molecular flexibility index (Phi) is 5.00. The summed E-state index contributed by atoms with van der Waals surface area (Å²) in [5.41, 5.74) is 3.69. The van der Waals surface area contributed by atoms with Crippen molar-refractivity contribution in [3.05, 3.63) is 64.3 Å². The number of hydrogen-bond acceptors (Lipinski definition) is 7. The number of aryl methyl sites for hydroxylation is 1. The maximum absolute atomic E-state index is 13.1. The number of hydrogen-bond donors (Lipinski definition) is 2. The fourth-order valence-electron chi connectivity index (χ4n) is 5.10. The number of amides is 1. The molecule has 2 fully saturated rings. The number of fused-ring (bicyclic) bond motifs is 1. The first kappa shape index (κ1) is 21.1. The number of carbonyl (C=O) groups is 1. The minimum absolute atomic E-state index is 0.193. The number of pyridine rings is 1. The molecule has 1 spiro atoms. The lowest BCUT2D eigenvalue weighted by molar-refractivity contribution is 0.102. The van der Waals surface area contributed by atoms with E-state index in [-0.39, 0.29) is 17.3 Å². The molecular formula is C24H25N7O2S. The Morgan fingerprint density at radius 3 is 2.71 bits per heavy atom. The monoisotopic (exact) mass is 475 g/mol. The molecule has 34 heavy (non-hydrogen) atoms. The number of para-hydroxylation sites is 2. The first-order chi connectivity index (χ1) is 16.5. The summed E-state index contributed by atoms with van der Waals surface area (Å²) in [6, 6.07) is 9.49. The lowest BCUT2D eigenvalue weighted by atomic mass is 9.72. The third-order valence-corrected chi connectivity index (χ3v) is 7.81. The lowest BCUT2D eigenvalue weighted by Gasteiger charge is -2.53. The summed E-state index contributed by atoms with van der Waals surface area (Å²) in [6.45, 7) is 4.12. The molecule has 6 rings (SSSR count). The average molecular weight is 476 g/mol. The molecule has 4 aromatic rings. The first-order valence-electron chi connectivity index (χ1n) is 11.4. The Hall–Kier alpha value is -3.50. The molecule has 2 aliphatic heterocycles. The van der Waals surface area contributed by atoms with Crippen molar-refractivity contribution in [2.75, 3.05) is 36.4 Å². The van der Waals surface area contributed by atoms with Crippen molar-refractivity contribution in [2.45, 2.75) is 12.8 Å². The molecule has 174 valence electrons. The highest BCUT2D eigenvalue weighted by atomic mass is 32.1. The fourth-order valence-corrected chi connectivity index (χ4v) is 5.91. The zero-order chi connectivity index (χ0) is 23.3. The van der Waals surface area contributed by atoms with Gasteiger partial charge in [0.25, 0.3) is 5.91 Å². The summed E-state index contributed by atoms with van der Waals surface area (Å²) in [5.74, 6) is -0.317. The number of nitrogens with zero attached hydrogens (tertiary/aromatic N) is 5. The lowest BCUT2D eigenvalue weighted by Crippen LogP contribution is -2.60. The minimum atomic E-state index is -0.317. The van der Waals surface area contributed by atoms with Gasteiger partial charge in [0.1, 0.15) is 5.69 Å². The van der Waals surface area contributed by atoms with E-state index in [1.807, 2.05) is 30.3 Å². The maximum Gasteiger partial charge on any atom is 0.335 e. The van der Waals surface area contributed by atoms with E-state index in [4.69, 9.17) is 0 Å². The number of aromatic nitrogens is 4. The molecule has 9 nitrogen and oxygen atoms in total. The highest BCUT2D eigenvalue weighted by molar-refractivity contribution is 7.12. The molecule has 0 aliphatic carbocycles. The van der Waals surface area contributed by atoms with E-state index >= 15 is 0 Å². The Morgan fingerprint density at radius 1 is 1.15 bits per heavy atom. The Labute approximate surface area is 200 Å². The molecule has 2 aliphatic rings. The topological polar surface area (TPSA) is 97.1 Å². The molecular weight excluding hydrogens is 450 g/mol. The third-order valence-electron chi connectivity index (χ3n) is 6.98. The smallest absolute Gasteiger partial charge is 0.335 e. The molecule has 1 aromatic carbocycles. The van der Waals surface area contributed by atoms with E-state index in [1.54, 1.807) is 34.0 Å². The van der Waals surface area contributed by atoms with Crippen molar-refractivity contribution < 1.29 is 4.79 Å². The van der Waals surface area contributed by atoms with E-state index in [9.17, 15) is 9.59 Å². The van der Waals surface area contributed by atoms with Gasteiger partial charge in [-0.25, -0.2) is 14.3 Å². The number of benzene rings is 1. The number of thiazole rings is 1. The number of anilines is 2. The minimum Gasteiger partial charge on any atom is -0.369 e. The van der Waals surface area contributed by atoms with Crippen molar-refractivity contribution in [1.82, 2.24) is 24.4 Å². The zero-order valence-electron chi connectivity index (χ0n) is 18.8. The van der Waals surface area contributed by atoms with Crippen molar-refractivity contribution in [1.29, 1.82) is 0 Å². The highest BCUT2D eigenvalue weighted by Crippen LogP contribution is 2.43. The highest BCUT2D eigenvalue weighted by Gasteiger charge is 2.44. The van der Waals surface area contributed by atoms with Gasteiger partial charge in [-0.2, -0.15) is 0 Å². The van der Waals surface area contributed by atoms with Crippen molar-refractivity contribution in [3.8, 4) is 5.13 Å². The van der Waals surface area contributed by atoms with Gasteiger partial charge in [-0.05, 0) is 44.1 Å². The summed E-state index contributed by atoms with van der Waals surface area (Å²) in [6.07, 6.45) is 5.81. The molecule has 2 saturated heterocycles. The number of nitrogens with one attached hydrogen (secondary N) is 2. The molecule has 5 heterocycles. The van der Waals surface area contributed by atoms with Crippen LogP contribution in [-0.4, -0.2) is 51.2 Å². The van der Waals surface area contributed by atoms with Gasteiger partial charge in [-0.15, -0.1) is 11.3 Å². The van der Waals surface area contributed by atoms with E-state index in [0.717, 1.165) is 42.9 Å². The fraction of sp³-hybridized carbons (Fsp3) is 0.333. The van der Waals surface area contributed by atoms with Gasteiger partial charge in [-0.3, -0.25) is 14.3 Å². The summed E-state index contributed by atoms with van der Waals surface area (Å²) in [7, 11) is 1.73. The molecule has 2 N–H and O–H groups in total. The Balaban J connectivity index is 1.24. The summed E-state index contributed by atoms with van der Waals surface area (Å²) in [4.78, 5) is 36.9. The van der Waals surface area contributed by atoms with Crippen molar-refractivity contribution in [2.24, 2.45) is 12.5 Å². The summed E-state index contributed by atoms with van der Waals surface area (Å²) in [5, 5.41) is 8.57. The molecule has 3 aromatic heterocycles. The first-order valence-corrected chi connectivity index (χ1v) is 12.3. The SMILES string of the molecule is Cn1c(=O)n(-c2nc(C(=O)Nc3cnccc3N3CC4(CCNCC4)C3)cs2)c2ccccc21. The van der Waals surface area contributed by atoms with Crippen LogP contribution in [0.3, 0.4) is 0 Å². The van der Waals surface area contributed by atoms with Crippen LogP contribution in [0.1, 0.15) is 23.3 Å². The maximum atomic E-state index is 13.1. The average Bonchev–Trinajstić information content (AvgIpc) is 3.42. The van der Waals surface area contributed by atoms with Gasteiger partial charge < -0.3 is 15.5 Å². The van der Waals surface area contributed by atoms with Crippen LogP contribution >= 0.6 is 11.3 Å². The third kappa shape index (κ3) is 3.41. The molecule has 0 bridgehead atoms. The molecule has 0 atom stereocenters. The summed E-state index contributed by atoms with van der Waals surface area (Å²) >= 11 is 1.27. The van der Waals surface area contributed by atoms with E-state index in [1.165, 1.54) is 24.2 Å². The number of piperidine rings is 1. The second kappa shape index (κ2) is 8.07. The van der Waals surface area contributed by atoms with Crippen LogP contribution in [0.15, 0.2) is 52.9 Å². The van der Waals surface area contributed by atoms with Crippen LogP contribution in [0.5, 0.6) is 0 Å². The van der Waals surface area contributed by atoms with Crippen molar-refractivity contribution in [3.63, 3.8) is 0 Å².